The van der Waals surface area contributed by atoms with Gasteiger partial charge in [0, 0.05) is 18.2 Å². The molecule has 0 spiro atoms. The van der Waals surface area contributed by atoms with E-state index in [9.17, 15) is 0 Å². The van der Waals surface area contributed by atoms with Crippen LogP contribution in [0.2, 0.25) is 0 Å². The van der Waals surface area contributed by atoms with Crippen molar-refractivity contribution in [3.63, 3.8) is 0 Å². The summed E-state index contributed by atoms with van der Waals surface area (Å²) in [5, 5.41) is 7.46. The topological polar surface area (TPSA) is 38.1 Å². The van der Waals surface area contributed by atoms with Gasteiger partial charge in [-0.05, 0) is 26.7 Å². The first-order chi connectivity index (χ1) is 7.06. The van der Waals surface area contributed by atoms with E-state index < -0.39 is 0 Å². The molecule has 1 heterocycles. The van der Waals surface area contributed by atoms with Crippen LogP contribution in [0.15, 0.2) is 4.52 Å². The number of hydrogen-bond acceptors (Lipinski definition) is 3. The molecule has 0 aliphatic carbocycles. The van der Waals surface area contributed by atoms with Crippen molar-refractivity contribution < 1.29 is 4.52 Å². The maximum absolute atomic E-state index is 5.12. The Morgan fingerprint density at radius 3 is 2.47 bits per heavy atom. The van der Waals surface area contributed by atoms with Gasteiger partial charge in [0.2, 0.25) is 0 Å². The minimum Gasteiger partial charge on any atom is -0.361 e. The van der Waals surface area contributed by atoms with Gasteiger partial charge in [0.25, 0.3) is 0 Å². The molecule has 1 N–H and O–H groups in total. The van der Waals surface area contributed by atoms with Crippen molar-refractivity contribution >= 4 is 0 Å². The molecule has 1 rings (SSSR count). The number of aryl methyl sites for hydroxylation is 2. The Bertz CT molecular complexity index is 287. The molecule has 0 amide bonds. The summed E-state index contributed by atoms with van der Waals surface area (Å²) in [7, 11) is 0. The van der Waals surface area contributed by atoms with Crippen LogP contribution in [0.1, 0.15) is 44.2 Å². The summed E-state index contributed by atoms with van der Waals surface area (Å²) in [5.41, 5.74) is 2.20. The summed E-state index contributed by atoms with van der Waals surface area (Å²) in [6, 6.07) is 0.531. The van der Waals surface area contributed by atoms with Crippen LogP contribution in [0, 0.1) is 19.8 Å². The molecule has 0 saturated carbocycles. The normalized spacial score (nSPS) is 15.3. The molecule has 0 aromatic carbocycles. The predicted molar refractivity (Wildman–Crippen MR) is 61.7 cm³/mol. The number of hydrogen-bond donors (Lipinski definition) is 1. The van der Waals surface area contributed by atoms with E-state index in [-0.39, 0.29) is 0 Å². The standard InChI is InChI=1S/C12H22N2O/c1-6-8(2)9(3)13-7-12-10(4)14-15-11(12)5/h8-9,13H,6-7H2,1-5H3. The summed E-state index contributed by atoms with van der Waals surface area (Å²) in [6.45, 7) is 11.5. The third kappa shape index (κ3) is 3.06. The number of rotatable bonds is 5. The zero-order valence-corrected chi connectivity index (χ0v) is 10.4. The summed E-state index contributed by atoms with van der Waals surface area (Å²) >= 11 is 0. The van der Waals surface area contributed by atoms with Crippen molar-refractivity contribution in [3.8, 4) is 0 Å². The lowest BCUT2D eigenvalue weighted by Crippen LogP contribution is -2.31. The Labute approximate surface area is 92.2 Å². The second-order valence-electron chi connectivity index (χ2n) is 4.36. The monoisotopic (exact) mass is 210 g/mol. The molecule has 2 atom stereocenters. The van der Waals surface area contributed by atoms with Crippen LogP contribution in [0.4, 0.5) is 0 Å². The van der Waals surface area contributed by atoms with Crippen LogP contribution in [0.25, 0.3) is 0 Å². The van der Waals surface area contributed by atoms with E-state index >= 15 is 0 Å². The maximum atomic E-state index is 5.12. The van der Waals surface area contributed by atoms with E-state index in [2.05, 4.69) is 31.2 Å². The van der Waals surface area contributed by atoms with E-state index in [1.165, 1.54) is 12.0 Å². The van der Waals surface area contributed by atoms with Crippen molar-refractivity contribution in [1.29, 1.82) is 0 Å². The van der Waals surface area contributed by atoms with Crippen LogP contribution in [0.3, 0.4) is 0 Å². The smallest absolute Gasteiger partial charge is 0.138 e. The highest BCUT2D eigenvalue weighted by Gasteiger charge is 2.13. The fourth-order valence-corrected chi connectivity index (χ4v) is 1.57. The van der Waals surface area contributed by atoms with Gasteiger partial charge in [0.15, 0.2) is 0 Å². The number of nitrogens with one attached hydrogen (secondary N) is 1. The first-order valence-electron chi connectivity index (χ1n) is 5.71. The molecule has 0 fully saturated rings. The van der Waals surface area contributed by atoms with Gasteiger partial charge in [0.1, 0.15) is 5.76 Å². The second kappa shape index (κ2) is 5.31. The minimum absolute atomic E-state index is 0.531. The molecule has 0 aliphatic heterocycles. The molecule has 0 aliphatic rings. The van der Waals surface area contributed by atoms with Gasteiger partial charge < -0.3 is 9.84 Å². The number of nitrogens with zero attached hydrogens (tertiary/aromatic N) is 1. The molecule has 0 bridgehead atoms. The van der Waals surface area contributed by atoms with Gasteiger partial charge in [-0.1, -0.05) is 25.4 Å². The lowest BCUT2D eigenvalue weighted by molar-refractivity contribution is 0.381. The molecule has 3 nitrogen and oxygen atoms in total. The third-order valence-corrected chi connectivity index (χ3v) is 3.28. The van der Waals surface area contributed by atoms with E-state index in [4.69, 9.17) is 4.52 Å². The Balaban J connectivity index is 2.50. The van der Waals surface area contributed by atoms with Gasteiger partial charge in [-0.25, -0.2) is 0 Å². The van der Waals surface area contributed by atoms with Crippen LogP contribution >= 0.6 is 0 Å². The third-order valence-electron chi connectivity index (χ3n) is 3.28. The molecular weight excluding hydrogens is 188 g/mol. The molecule has 0 radical (unpaired) electrons. The molecule has 1 aromatic heterocycles. The van der Waals surface area contributed by atoms with Crippen LogP contribution in [-0.4, -0.2) is 11.2 Å². The van der Waals surface area contributed by atoms with E-state index in [0.29, 0.717) is 12.0 Å². The molecular formula is C12H22N2O. The lowest BCUT2D eigenvalue weighted by Gasteiger charge is -2.19. The first-order valence-corrected chi connectivity index (χ1v) is 5.71. The maximum Gasteiger partial charge on any atom is 0.138 e. The largest absolute Gasteiger partial charge is 0.361 e. The van der Waals surface area contributed by atoms with E-state index in [0.717, 1.165) is 18.0 Å². The molecule has 15 heavy (non-hydrogen) atoms. The van der Waals surface area contributed by atoms with Gasteiger partial charge in [-0.3, -0.25) is 0 Å². The molecule has 0 saturated heterocycles. The van der Waals surface area contributed by atoms with Crippen molar-refractivity contribution in [1.82, 2.24) is 10.5 Å². The van der Waals surface area contributed by atoms with Crippen LogP contribution < -0.4 is 5.32 Å². The van der Waals surface area contributed by atoms with Crippen molar-refractivity contribution in [2.24, 2.45) is 5.92 Å². The Morgan fingerprint density at radius 2 is 2.00 bits per heavy atom. The summed E-state index contributed by atoms with van der Waals surface area (Å²) < 4.78 is 5.12. The van der Waals surface area contributed by atoms with Gasteiger partial charge in [-0.15, -0.1) is 0 Å². The van der Waals surface area contributed by atoms with Gasteiger partial charge in [-0.2, -0.15) is 0 Å². The fraction of sp³-hybridized carbons (Fsp3) is 0.750. The first kappa shape index (κ1) is 12.2. The van der Waals surface area contributed by atoms with Crippen LogP contribution in [-0.2, 0) is 6.54 Å². The summed E-state index contributed by atoms with van der Waals surface area (Å²) in [5.74, 6) is 1.63. The second-order valence-corrected chi connectivity index (χ2v) is 4.36. The summed E-state index contributed by atoms with van der Waals surface area (Å²) in [4.78, 5) is 0. The van der Waals surface area contributed by atoms with Crippen molar-refractivity contribution in [2.75, 3.05) is 0 Å². The van der Waals surface area contributed by atoms with Crippen molar-refractivity contribution in [3.05, 3.63) is 17.0 Å². The Morgan fingerprint density at radius 1 is 1.33 bits per heavy atom. The SMILES string of the molecule is CCC(C)C(C)NCc1c(C)noc1C. The average Bonchev–Trinajstić information content (AvgIpc) is 2.54. The molecule has 2 unspecified atom stereocenters. The van der Waals surface area contributed by atoms with Gasteiger partial charge in [0.05, 0.1) is 5.69 Å². The average molecular weight is 210 g/mol. The fourth-order valence-electron chi connectivity index (χ4n) is 1.57. The van der Waals surface area contributed by atoms with Gasteiger partial charge >= 0.3 is 0 Å². The molecule has 1 aromatic rings. The molecule has 86 valence electrons. The highest BCUT2D eigenvalue weighted by atomic mass is 16.5. The highest BCUT2D eigenvalue weighted by molar-refractivity contribution is 5.20. The highest BCUT2D eigenvalue weighted by Crippen LogP contribution is 2.13. The minimum atomic E-state index is 0.531. The molecule has 3 heteroatoms. The van der Waals surface area contributed by atoms with Crippen LogP contribution in [0.5, 0.6) is 0 Å². The van der Waals surface area contributed by atoms with Crippen molar-refractivity contribution in [2.45, 2.75) is 53.6 Å². The zero-order chi connectivity index (χ0) is 11.4. The quantitative estimate of drug-likeness (QED) is 0.812. The lowest BCUT2D eigenvalue weighted by atomic mass is 10.0. The zero-order valence-electron chi connectivity index (χ0n) is 10.4. The van der Waals surface area contributed by atoms with E-state index in [1.807, 2.05) is 13.8 Å². The predicted octanol–water partition coefficient (Wildman–Crippen LogP) is 2.82. The Kier molecular flexibility index (Phi) is 4.33. The van der Waals surface area contributed by atoms with E-state index in [1.54, 1.807) is 0 Å². The number of aromatic nitrogens is 1. The summed E-state index contributed by atoms with van der Waals surface area (Å²) in [6.07, 6.45) is 1.20. The Hall–Kier alpha value is -0.830.